The van der Waals surface area contributed by atoms with Crippen molar-refractivity contribution in [2.24, 2.45) is 17.8 Å². The number of aryl methyl sites for hydroxylation is 1. The van der Waals surface area contributed by atoms with Gasteiger partial charge < -0.3 is 15.4 Å². The third-order valence-corrected chi connectivity index (χ3v) is 9.65. The van der Waals surface area contributed by atoms with Gasteiger partial charge >= 0.3 is 0 Å². The molecule has 226 valence electrons. The number of ether oxygens (including phenoxy) is 1. The molecule has 10 heteroatoms. The van der Waals surface area contributed by atoms with Gasteiger partial charge in [-0.15, -0.1) is 0 Å². The summed E-state index contributed by atoms with van der Waals surface area (Å²) in [4.78, 5) is 33.2. The van der Waals surface area contributed by atoms with Crippen LogP contribution >= 0.6 is 0 Å². The molecular formula is C32H43FN6O3. The first-order valence-electron chi connectivity index (χ1n) is 15.5. The number of benzene rings is 1. The van der Waals surface area contributed by atoms with Crippen LogP contribution in [-0.4, -0.2) is 60.0 Å². The molecule has 6 atom stereocenters. The summed E-state index contributed by atoms with van der Waals surface area (Å²) in [6.07, 6.45) is 8.04. The molecule has 4 N–H and O–H groups in total. The number of halogens is 1. The van der Waals surface area contributed by atoms with E-state index in [1.807, 2.05) is 18.0 Å². The number of fused-ring (bicyclic) bond motifs is 1. The van der Waals surface area contributed by atoms with Gasteiger partial charge in [0.1, 0.15) is 11.6 Å². The molecule has 0 radical (unpaired) electrons. The van der Waals surface area contributed by atoms with Crippen molar-refractivity contribution in [1.29, 1.82) is 0 Å². The Morgan fingerprint density at radius 2 is 1.95 bits per heavy atom. The first-order valence-corrected chi connectivity index (χ1v) is 15.5. The van der Waals surface area contributed by atoms with Gasteiger partial charge in [-0.25, -0.2) is 9.82 Å². The van der Waals surface area contributed by atoms with Crippen LogP contribution in [-0.2, 0) is 16.1 Å². The second-order valence-corrected chi connectivity index (χ2v) is 12.6. The van der Waals surface area contributed by atoms with Gasteiger partial charge in [0, 0.05) is 55.1 Å². The molecule has 4 fully saturated rings. The number of carbonyl (C=O) groups is 2. The van der Waals surface area contributed by atoms with Crippen LogP contribution in [0.1, 0.15) is 67.8 Å². The number of pyridine rings is 1. The van der Waals surface area contributed by atoms with Gasteiger partial charge in [0.2, 0.25) is 11.8 Å². The van der Waals surface area contributed by atoms with Crippen molar-refractivity contribution in [3.63, 3.8) is 0 Å². The van der Waals surface area contributed by atoms with Gasteiger partial charge in [0.15, 0.2) is 0 Å². The minimum Gasteiger partial charge on any atom is -0.496 e. The molecule has 9 nitrogen and oxygen atoms in total. The molecule has 0 spiro atoms. The molecule has 6 rings (SSSR count). The second kappa shape index (κ2) is 12.7. The molecule has 2 aliphatic carbocycles. The molecule has 3 heterocycles. The number of hydrogen-bond donors (Lipinski definition) is 4. The molecule has 0 bridgehead atoms. The Morgan fingerprint density at radius 1 is 1.10 bits per heavy atom. The van der Waals surface area contributed by atoms with E-state index in [0.29, 0.717) is 55.1 Å². The van der Waals surface area contributed by atoms with Crippen molar-refractivity contribution in [3.8, 4) is 5.75 Å². The highest BCUT2D eigenvalue weighted by Crippen LogP contribution is 2.40. The van der Waals surface area contributed by atoms with E-state index in [0.717, 1.165) is 37.8 Å². The number of nitrogens with zero attached hydrogens (tertiary/aromatic N) is 2. The van der Waals surface area contributed by atoms with E-state index < -0.39 is 0 Å². The highest BCUT2D eigenvalue weighted by Gasteiger charge is 2.43. The summed E-state index contributed by atoms with van der Waals surface area (Å²) in [5, 5.41) is 6.44. The number of rotatable bonds is 9. The van der Waals surface area contributed by atoms with Crippen molar-refractivity contribution in [1.82, 2.24) is 31.4 Å². The summed E-state index contributed by atoms with van der Waals surface area (Å²) >= 11 is 0. The maximum absolute atomic E-state index is 14.9. The second-order valence-electron chi connectivity index (χ2n) is 12.6. The Labute approximate surface area is 247 Å². The third-order valence-electron chi connectivity index (χ3n) is 9.65. The minimum absolute atomic E-state index is 0.0149. The molecule has 2 amide bonds. The molecule has 42 heavy (non-hydrogen) atoms. The zero-order valence-corrected chi connectivity index (χ0v) is 24.6. The highest BCUT2D eigenvalue weighted by molar-refractivity contribution is 5.82. The molecule has 2 aromatic rings. The van der Waals surface area contributed by atoms with Crippen molar-refractivity contribution < 1.29 is 18.7 Å². The summed E-state index contributed by atoms with van der Waals surface area (Å²) in [5.41, 5.74) is 9.54. The monoisotopic (exact) mass is 578 g/mol. The van der Waals surface area contributed by atoms with Crippen LogP contribution in [0.3, 0.4) is 0 Å². The van der Waals surface area contributed by atoms with E-state index >= 15 is 0 Å². The predicted octanol–water partition coefficient (Wildman–Crippen LogP) is 3.15. The number of methoxy groups -OCH3 is 1. The number of hydrogen-bond acceptors (Lipinski definition) is 7. The zero-order chi connectivity index (χ0) is 29.2. The maximum Gasteiger partial charge on any atom is 0.237 e. The normalized spacial score (nSPS) is 29.5. The van der Waals surface area contributed by atoms with Crippen LogP contribution in [0, 0.1) is 30.5 Å². The van der Waals surface area contributed by atoms with E-state index in [1.54, 1.807) is 12.1 Å². The number of piperidine rings is 1. The average molecular weight is 579 g/mol. The minimum atomic E-state index is -0.378. The van der Waals surface area contributed by atoms with Gasteiger partial charge in [-0.05, 0) is 93.5 Å². The predicted molar refractivity (Wildman–Crippen MR) is 157 cm³/mol. The first kappa shape index (κ1) is 29.0. The summed E-state index contributed by atoms with van der Waals surface area (Å²) in [6, 6.07) is 8.95. The summed E-state index contributed by atoms with van der Waals surface area (Å²) < 4.78 is 20.4. The van der Waals surface area contributed by atoms with Gasteiger partial charge in [0.05, 0.1) is 19.2 Å². The number of nitrogens with one attached hydrogen (secondary N) is 4. The fourth-order valence-corrected chi connectivity index (χ4v) is 7.11. The number of carbonyl (C=O) groups excluding carboxylic acids is 2. The number of likely N-dealkylation sites (tertiary alicyclic amines) is 1. The van der Waals surface area contributed by atoms with E-state index in [9.17, 15) is 14.0 Å². The van der Waals surface area contributed by atoms with Gasteiger partial charge in [0.25, 0.3) is 0 Å². The zero-order valence-electron chi connectivity index (χ0n) is 24.6. The Hall–Kier alpha value is -3.08. The molecular weight excluding hydrogens is 535 g/mol. The number of hydrazine groups is 1. The molecule has 4 unspecified atom stereocenters. The lowest BCUT2D eigenvalue weighted by Crippen LogP contribution is -2.57. The Morgan fingerprint density at radius 3 is 2.74 bits per heavy atom. The Kier molecular flexibility index (Phi) is 8.74. The summed E-state index contributed by atoms with van der Waals surface area (Å²) in [6.45, 7) is 3.41. The fourth-order valence-electron chi connectivity index (χ4n) is 7.11. The largest absolute Gasteiger partial charge is 0.496 e. The van der Waals surface area contributed by atoms with Crippen molar-refractivity contribution in [2.45, 2.75) is 82.6 Å². The SMILES string of the molecule is COc1cccc(F)c1CN1C[C@H](NC(=O)C2CCC3NNC(c4ccnc(C)c4)C3C2)CC[C@H]1C(=O)NCC1CC1. The smallest absolute Gasteiger partial charge is 0.237 e. The number of aromatic nitrogens is 1. The van der Waals surface area contributed by atoms with Gasteiger partial charge in [-0.1, -0.05) is 6.07 Å². The lowest BCUT2D eigenvalue weighted by Gasteiger charge is -2.40. The maximum atomic E-state index is 14.9. The molecule has 1 aromatic heterocycles. The lowest BCUT2D eigenvalue weighted by atomic mass is 9.74. The highest BCUT2D eigenvalue weighted by atomic mass is 19.1. The Balaban J connectivity index is 1.12. The van der Waals surface area contributed by atoms with Crippen LogP contribution in [0.15, 0.2) is 36.5 Å². The molecule has 2 aliphatic heterocycles. The van der Waals surface area contributed by atoms with Crippen LogP contribution in [0.2, 0.25) is 0 Å². The lowest BCUT2D eigenvalue weighted by molar-refractivity contribution is -0.130. The quantitative estimate of drug-likeness (QED) is 0.362. The van der Waals surface area contributed by atoms with E-state index in [-0.39, 0.29) is 48.2 Å². The van der Waals surface area contributed by atoms with Crippen molar-refractivity contribution in [3.05, 3.63) is 59.2 Å². The summed E-state index contributed by atoms with van der Waals surface area (Å²) in [7, 11) is 1.53. The summed E-state index contributed by atoms with van der Waals surface area (Å²) in [5.74, 6) is 0.992. The standard InChI is InChI=1S/C32H43FN6O3/c1-19-14-21(12-13-34-19)30-24-15-22(8-10-27(24)37-38-30)31(40)36-23-9-11-28(32(41)35-16-20-6-7-20)39(17-23)18-25-26(33)4-3-5-29(25)42-2/h3-5,12-14,20,22-24,27-28,30,37-38H,6-11,15-18H2,1-2H3,(H,35,41)(H,36,40)/t22?,23-,24?,27?,28+,30?/m1/s1. The van der Waals surface area contributed by atoms with Crippen LogP contribution < -0.4 is 26.2 Å². The molecule has 1 aromatic carbocycles. The van der Waals surface area contributed by atoms with Crippen molar-refractivity contribution in [2.75, 3.05) is 20.2 Å². The van der Waals surface area contributed by atoms with Gasteiger partial charge in [-0.3, -0.25) is 24.9 Å². The van der Waals surface area contributed by atoms with Crippen LogP contribution in [0.25, 0.3) is 0 Å². The molecule has 2 saturated carbocycles. The van der Waals surface area contributed by atoms with Gasteiger partial charge in [-0.2, -0.15) is 0 Å². The van der Waals surface area contributed by atoms with Crippen LogP contribution in [0.5, 0.6) is 5.75 Å². The third kappa shape index (κ3) is 6.45. The fraction of sp³-hybridized carbons (Fsp3) is 0.594. The van der Waals surface area contributed by atoms with Crippen molar-refractivity contribution >= 4 is 11.8 Å². The molecule has 2 saturated heterocycles. The van der Waals surface area contributed by atoms with Crippen LogP contribution in [0.4, 0.5) is 4.39 Å². The number of amides is 2. The Bertz CT molecular complexity index is 1290. The molecule has 4 aliphatic rings. The van der Waals surface area contributed by atoms with E-state index in [1.165, 1.54) is 18.7 Å². The first-order chi connectivity index (χ1) is 20.4. The van der Waals surface area contributed by atoms with E-state index in [4.69, 9.17) is 4.74 Å². The van der Waals surface area contributed by atoms with E-state index in [2.05, 4.69) is 38.6 Å². The topological polar surface area (TPSA) is 108 Å². The average Bonchev–Trinajstić information content (AvgIpc) is 3.73.